The van der Waals surface area contributed by atoms with Crippen molar-refractivity contribution >= 4 is 23.1 Å². The second-order valence-corrected chi connectivity index (χ2v) is 4.20. The summed E-state index contributed by atoms with van der Waals surface area (Å²) in [6, 6.07) is 0. The van der Waals surface area contributed by atoms with Crippen molar-refractivity contribution in [2.75, 3.05) is 12.3 Å². The summed E-state index contributed by atoms with van der Waals surface area (Å²) in [6.07, 6.45) is 0.628. The largest absolute Gasteiger partial charge is 0.461 e. The third-order valence-electron chi connectivity index (χ3n) is 2.31. The summed E-state index contributed by atoms with van der Waals surface area (Å²) in [4.78, 5) is 15.9. The van der Waals surface area contributed by atoms with Gasteiger partial charge in [-0.3, -0.25) is 4.57 Å². The van der Waals surface area contributed by atoms with Crippen LogP contribution < -0.4 is 5.73 Å². The number of ether oxygens (including phenoxy) is 1. The van der Waals surface area contributed by atoms with E-state index in [4.69, 9.17) is 10.5 Å². The first kappa shape index (κ1) is 12.5. The Morgan fingerprint density at radius 2 is 2.33 bits per heavy atom. The van der Waals surface area contributed by atoms with Gasteiger partial charge in [0.05, 0.1) is 6.61 Å². The summed E-state index contributed by atoms with van der Waals surface area (Å²) in [5.41, 5.74) is 7.66. The average Bonchev–Trinajstić information content (AvgIpc) is 2.96. The molecule has 0 atom stereocenters. The Kier molecular flexibility index (Phi) is 3.56. The minimum absolute atomic E-state index is 0.129. The predicted molar refractivity (Wildman–Crippen MR) is 66.8 cm³/mol. The number of carbonyl (C=O) groups is 1. The van der Waals surface area contributed by atoms with Crippen molar-refractivity contribution in [2.45, 2.75) is 20.3 Å². The molecule has 18 heavy (non-hydrogen) atoms. The van der Waals surface area contributed by atoms with Crippen molar-refractivity contribution in [1.82, 2.24) is 19.7 Å². The molecule has 0 radical (unpaired) electrons. The van der Waals surface area contributed by atoms with E-state index in [0.717, 1.165) is 0 Å². The van der Waals surface area contributed by atoms with Crippen molar-refractivity contribution in [3.05, 3.63) is 17.0 Å². The predicted octanol–water partition coefficient (Wildman–Crippen LogP) is 1.05. The SMILES string of the molecule is CCOC(=O)c1nc(CC)n(-c2nncs2)c1N. The standard InChI is InChI=1S/C10H13N5O2S/c1-3-6-13-7(9(16)17-4-2)8(11)15(6)10-14-12-5-18-10/h5H,3-4,11H2,1-2H3. The first-order chi connectivity index (χ1) is 8.69. The van der Waals surface area contributed by atoms with Gasteiger partial charge >= 0.3 is 5.97 Å². The van der Waals surface area contributed by atoms with Gasteiger partial charge in [0, 0.05) is 6.42 Å². The molecule has 0 aliphatic rings. The van der Waals surface area contributed by atoms with Gasteiger partial charge in [-0.25, -0.2) is 9.78 Å². The summed E-state index contributed by atoms with van der Waals surface area (Å²) >= 11 is 1.33. The first-order valence-corrected chi connectivity index (χ1v) is 6.37. The Morgan fingerprint density at radius 1 is 1.56 bits per heavy atom. The number of nitrogens with zero attached hydrogens (tertiary/aromatic N) is 4. The molecule has 7 nitrogen and oxygen atoms in total. The molecule has 0 spiro atoms. The molecule has 0 bridgehead atoms. The molecule has 2 aromatic heterocycles. The van der Waals surface area contributed by atoms with Crippen LogP contribution in [0.1, 0.15) is 30.2 Å². The van der Waals surface area contributed by atoms with Crippen molar-refractivity contribution < 1.29 is 9.53 Å². The van der Waals surface area contributed by atoms with E-state index < -0.39 is 5.97 Å². The number of carbonyl (C=O) groups excluding carboxylic acids is 1. The molecule has 0 saturated heterocycles. The van der Waals surface area contributed by atoms with Gasteiger partial charge in [0.25, 0.3) is 0 Å². The zero-order valence-electron chi connectivity index (χ0n) is 10.1. The van der Waals surface area contributed by atoms with Crippen LogP contribution in [0.3, 0.4) is 0 Å². The number of imidazole rings is 1. The van der Waals surface area contributed by atoms with Gasteiger partial charge < -0.3 is 10.5 Å². The number of aryl methyl sites for hydroxylation is 1. The Bertz CT molecular complexity index is 549. The molecular formula is C10H13N5O2S. The van der Waals surface area contributed by atoms with Gasteiger partial charge in [0.1, 0.15) is 17.2 Å². The van der Waals surface area contributed by atoms with Crippen molar-refractivity contribution in [2.24, 2.45) is 0 Å². The number of nitrogens with two attached hydrogens (primary N) is 1. The smallest absolute Gasteiger partial charge is 0.360 e. The maximum atomic E-state index is 11.7. The highest BCUT2D eigenvalue weighted by Crippen LogP contribution is 2.22. The van der Waals surface area contributed by atoms with Crippen LogP contribution in [0.4, 0.5) is 5.82 Å². The van der Waals surface area contributed by atoms with Crippen LogP contribution in [0, 0.1) is 0 Å². The zero-order chi connectivity index (χ0) is 13.1. The van der Waals surface area contributed by atoms with Crippen LogP contribution in [-0.2, 0) is 11.2 Å². The third-order valence-corrected chi connectivity index (χ3v) is 2.98. The lowest BCUT2D eigenvalue weighted by Gasteiger charge is -2.03. The molecular weight excluding hydrogens is 254 g/mol. The normalized spacial score (nSPS) is 10.6. The number of aromatic nitrogens is 4. The lowest BCUT2D eigenvalue weighted by atomic mass is 10.4. The molecule has 0 amide bonds. The maximum absolute atomic E-state index is 11.7. The molecule has 96 valence electrons. The molecule has 8 heteroatoms. The highest BCUT2D eigenvalue weighted by Gasteiger charge is 2.22. The molecule has 2 rings (SSSR count). The van der Waals surface area contributed by atoms with Crippen molar-refractivity contribution in [3.63, 3.8) is 0 Å². The second-order valence-electron chi connectivity index (χ2n) is 3.39. The van der Waals surface area contributed by atoms with E-state index in [1.165, 1.54) is 11.3 Å². The van der Waals surface area contributed by atoms with Crippen molar-refractivity contribution in [1.29, 1.82) is 0 Å². The van der Waals surface area contributed by atoms with E-state index in [9.17, 15) is 4.79 Å². The monoisotopic (exact) mass is 267 g/mol. The van der Waals surface area contributed by atoms with Crippen LogP contribution in [-0.4, -0.2) is 32.3 Å². The molecule has 0 fully saturated rings. The molecule has 0 unspecified atom stereocenters. The van der Waals surface area contributed by atoms with Crippen LogP contribution in [0.25, 0.3) is 5.13 Å². The molecule has 2 N–H and O–H groups in total. The van der Waals surface area contributed by atoms with Gasteiger partial charge in [0.2, 0.25) is 5.13 Å². The Labute approximate surface area is 108 Å². The lowest BCUT2D eigenvalue weighted by Crippen LogP contribution is -2.09. The molecule has 0 aliphatic heterocycles. The Balaban J connectivity index is 2.50. The van der Waals surface area contributed by atoms with Gasteiger partial charge in [0.15, 0.2) is 5.69 Å². The average molecular weight is 267 g/mol. The lowest BCUT2D eigenvalue weighted by molar-refractivity contribution is 0.0521. The van der Waals surface area contributed by atoms with E-state index in [2.05, 4.69) is 15.2 Å². The Hall–Kier alpha value is -1.96. The van der Waals surface area contributed by atoms with E-state index in [0.29, 0.717) is 17.4 Å². The topological polar surface area (TPSA) is 95.9 Å². The highest BCUT2D eigenvalue weighted by atomic mass is 32.1. The van der Waals surface area contributed by atoms with Gasteiger partial charge in [-0.1, -0.05) is 18.3 Å². The molecule has 0 saturated carbocycles. The van der Waals surface area contributed by atoms with Crippen LogP contribution >= 0.6 is 11.3 Å². The fraction of sp³-hybridized carbons (Fsp3) is 0.400. The third kappa shape index (κ3) is 2.06. The van der Waals surface area contributed by atoms with E-state index in [1.807, 2.05) is 6.92 Å². The highest BCUT2D eigenvalue weighted by molar-refractivity contribution is 7.11. The summed E-state index contributed by atoms with van der Waals surface area (Å²) in [5.74, 6) is 0.377. The van der Waals surface area contributed by atoms with Crippen LogP contribution in [0.5, 0.6) is 0 Å². The molecule has 2 heterocycles. The maximum Gasteiger partial charge on any atom is 0.360 e. The minimum Gasteiger partial charge on any atom is -0.461 e. The fourth-order valence-electron chi connectivity index (χ4n) is 1.55. The number of rotatable bonds is 4. The number of esters is 1. The van der Waals surface area contributed by atoms with Gasteiger partial charge in [-0.05, 0) is 6.92 Å². The number of hydrogen-bond acceptors (Lipinski definition) is 7. The molecule has 0 aromatic carbocycles. The van der Waals surface area contributed by atoms with Crippen LogP contribution in [0.2, 0.25) is 0 Å². The number of hydrogen-bond donors (Lipinski definition) is 1. The second kappa shape index (κ2) is 5.13. The summed E-state index contributed by atoms with van der Waals surface area (Å²) in [7, 11) is 0. The molecule has 0 aliphatic carbocycles. The van der Waals surface area contributed by atoms with Gasteiger partial charge in [-0.2, -0.15) is 0 Å². The fourth-order valence-corrected chi connectivity index (χ4v) is 2.14. The summed E-state index contributed by atoms with van der Waals surface area (Å²) < 4.78 is 6.54. The Morgan fingerprint density at radius 3 is 2.89 bits per heavy atom. The van der Waals surface area contributed by atoms with E-state index >= 15 is 0 Å². The molecule has 2 aromatic rings. The number of anilines is 1. The zero-order valence-corrected chi connectivity index (χ0v) is 10.9. The summed E-state index contributed by atoms with van der Waals surface area (Å²) in [6.45, 7) is 3.94. The van der Waals surface area contributed by atoms with E-state index in [1.54, 1.807) is 17.0 Å². The number of nitrogen functional groups attached to an aromatic ring is 1. The minimum atomic E-state index is -0.520. The quantitative estimate of drug-likeness (QED) is 0.832. The van der Waals surface area contributed by atoms with Gasteiger partial charge in [-0.15, -0.1) is 10.2 Å². The van der Waals surface area contributed by atoms with Crippen LogP contribution in [0.15, 0.2) is 5.51 Å². The first-order valence-electron chi connectivity index (χ1n) is 5.49. The van der Waals surface area contributed by atoms with E-state index in [-0.39, 0.29) is 18.1 Å². The summed E-state index contributed by atoms with van der Waals surface area (Å²) in [5, 5.41) is 8.28. The van der Waals surface area contributed by atoms with Crippen molar-refractivity contribution in [3.8, 4) is 5.13 Å².